The van der Waals surface area contributed by atoms with Crippen molar-refractivity contribution in [3.8, 4) is 5.75 Å². The average Bonchev–Trinajstić information content (AvgIpc) is 3.07. The Morgan fingerprint density at radius 2 is 1.70 bits per heavy atom. The second-order valence-corrected chi connectivity index (χ2v) is 9.15. The lowest BCUT2D eigenvalue weighted by Crippen LogP contribution is -2.36. The highest BCUT2D eigenvalue weighted by Crippen LogP contribution is 2.29. The summed E-state index contributed by atoms with van der Waals surface area (Å²) in [7, 11) is -2.33. The third-order valence-corrected chi connectivity index (χ3v) is 7.55. The number of carbonyl (C=O) groups excluding carboxylic acids is 1. The first kappa shape index (κ1) is 20.3. The SMILES string of the molecule is COc1ccccc1C(=O)n1nc(C)c(S(=O)(=O)N2CCc3ccccc3C2)c1C. The molecule has 1 aliphatic rings. The maximum absolute atomic E-state index is 13.5. The zero-order valence-corrected chi connectivity index (χ0v) is 17.9. The van der Waals surface area contributed by atoms with Crippen molar-refractivity contribution in [1.29, 1.82) is 0 Å². The first-order valence-electron chi connectivity index (χ1n) is 9.65. The molecule has 3 aromatic rings. The first-order valence-corrected chi connectivity index (χ1v) is 11.1. The summed E-state index contributed by atoms with van der Waals surface area (Å²) in [4.78, 5) is 13.2. The van der Waals surface area contributed by atoms with Gasteiger partial charge < -0.3 is 4.74 Å². The van der Waals surface area contributed by atoms with Crippen LogP contribution < -0.4 is 4.74 Å². The van der Waals surface area contributed by atoms with E-state index in [1.165, 1.54) is 17.0 Å². The Balaban J connectivity index is 1.73. The predicted molar refractivity (Wildman–Crippen MR) is 112 cm³/mol. The topological polar surface area (TPSA) is 81.5 Å². The minimum Gasteiger partial charge on any atom is -0.496 e. The fourth-order valence-corrected chi connectivity index (χ4v) is 5.71. The van der Waals surface area contributed by atoms with Crippen LogP contribution in [0.4, 0.5) is 0 Å². The molecule has 156 valence electrons. The van der Waals surface area contributed by atoms with Gasteiger partial charge in [0.15, 0.2) is 0 Å². The highest BCUT2D eigenvalue weighted by molar-refractivity contribution is 7.89. The number of sulfonamides is 1. The molecular formula is C22H23N3O4S. The molecule has 0 N–H and O–H groups in total. The van der Waals surface area contributed by atoms with Gasteiger partial charge in [-0.05, 0) is 43.5 Å². The highest BCUT2D eigenvalue weighted by atomic mass is 32.2. The van der Waals surface area contributed by atoms with Crippen LogP contribution in [-0.4, -0.2) is 42.1 Å². The van der Waals surface area contributed by atoms with Gasteiger partial charge in [0.05, 0.1) is 24.1 Å². The number of nitrogens with zero attached hydrogens (tertiary/aromatic N) is 3. The third kappa shape index (κ3) is 3.32. The van der Waals surface area contributed by atoms with Crippen LogP contribution >= 0.6 is 0 Å². The van der Waals surface area contributed by atoms with Gasteiger partial charge in [0, 0.05) is 13.1 Å². The molecule has 0 unspecified atom stereocenters. The van der Waals surface area contributed by atoms with Gasteiger partial charge in [-0.3, -0.25) is 4.79 Å². The molecule has 2 aromatic carbocycles. The van der Waals surface area contributed by atoms with E-state index in [0.29, 0.717) is 42.2 Å². The van der Waals surface area contributed by atoms with E-state index in [1.54, 1.807) is 38.1 Å². The molecule has 0 saturated heterocycles. The van der Waals surface area contributed by atoms with Crippen LogP contribution in [0.5, 0.6) is 5.75 Å². The van der Waals surface area contributed by atoms with Crippen molar-refractivity contribution in [2.75, 3.05) is 13.7 Å². The highest BCUT2D eigenvalue weighted by Gasteiger charge is 2.34. The van der Waals surface area contributed by atoms with Gasteiger partial charge in [-0.2, -0.15) is 14.1 Å². The molecule has 1 aliphatic heterocycles. The molecule has 7 nitrogen and oxygen atoms in total. The summed E-state index contributed by atoms with van der Waals surface area (Å²) in [5.41, 5.74) is 3.08. The summed E-state index contributed by atoms with van der Waals surface area (Å²) in [5, 5.41) is 4.27. The van der Waals surface area contributed by atoms with Gasteiger partial charge in [0.1, 0.15) is 10.6 Å². The number of hydrogen-bond donors (Lipinski definition) is 0. The van der Waals surface area contributed by atoms with Gasteiger partial charge in [-0.15, -0.1) is 0 Å². The second kappa shape index (κ2) is 7.70. The maximum atomic E-state index is 13.5. The molecule has 8 heteroatoms. The van der Waals surface area contributed by atoms with Crippen molar-refractivity contribution in [2.24, 2.45) is 0 Å². The van der Waals surface area contributed by atoms with Crippen LogP contribution in [0.1, 0.15) is 32.9 Å². The fourth-order valence-electron chi connectivity index (χ4n) is 3.94. The standard InChI is InChI=1S/C22H23N3O4S/c1-15-21(30(27,28)24-13-12-17-8-4-5-9-18(17)14-24)16(2)25(23-15)22(26)19-10-6-7-11-20(19)29-3/h4-11H,12-14H2,1-3H3. The largest absolute Gasteiger partial charge is 0.496 e. The van der Waals surface area contributed by atoms with Gasteiger partial charge in [0.2, 0.25) is 10.0 Å². The molecule has 1 aromatic heterocycles. The molecule has 0 bridgehead atoms. The number of carbonyl (C=O) groups is 1. The number of fused-ring (bicyclic) bond motifs is 1. The van der Waals surface area contributed by atoms with Crippen molar-refractivity contribution in [1.82, 2.24) is 14.1 Å². The molecule has 0 atom stereocenters. The van der Waals surface area contributed by atoms with Gasteiger partial charge in [-0.25, -0.2) is 8.42 Å². The molecule has 0 spiro atoms. The number of aryl methyl sites for hydroxylation is 1. The molecular weight excluding hydrogens is 402 g/mol. The average molecular weight is 426 g/mol. The lowest BCUT2D eigenvalue weighted by Gasteiger charge is -2.28. The predicted octanol–water partition coefficient (Wildman–Crippen LogP) is 2.94. The van der Waals surface area contributed by atoms with E-state index in [4.69, 9.17) is 4.74 Å². The van der Waals surface area contributed by atoms with Crippen LogP contribution in [0.3, 0.4) is 0 Å². The molecule has 0 aliphatic carbocycles. The summed E-state index contributed by atoms with van der Waals surface area (Å²) in [5.74, 6) is -0.0226. The van der Waals surface area contributed by atoms with Crippen molar-refractivity contribution in [2.45, 2.75) is 31.7 Å². The van der Waals surface area contributed by atoms with Crippen LogP contribution in [0.2, 0.25) is 0 Å². The van der Waals surface area contributed by atoms with Crippen LogP contribution in [0, 0.1) is 13.8 Å². The summed E-state index contributed by atoms with van der Waals surface area (Å²) < 4.78 is 34.8. The molecule has 0 fully saturated rings. The summed E-state index contributed by atoms with van der Waals surface area (Å²) in [6.07, 6.45) is 0.655. The van der Waals surface area contributed by atoms with Crippen molar-refractivity contribution in [3.63, 3.8) is 0 Å². The number of aromatic nitrogens is 2. The van der Waals surface area contributed by atoms with E-state index < -0.39 is 15.9 Å². The Bertz CT molecular complexity index is 1230. The Kier molecular flexibility index (Phi) is 5.21. The Morgan fingerprint density at radius 1 is 1.03 bits per heavy atom. The van der Waals surface area contributed by atoms with E-state index in [2.05, 4.69) is 5.10 Å². The van der Waals surface area contributed by atoms with Crippen molar-refractivity contribution < 1.29 is 17.9 Å². The van der Waals surface area contributed by atoms with Crippen LogP contribution in [-0.2, 0) is 23.0 Å². The van der Waals surface area contributed by atoms with E-state index in [1.807, 2.05) is 24.3 Å². The Hall–Kier alpha value is -2.97. The number of benzene rings is 2. The minimum atomic E-state index is -3.81. The Labute approximate surface area is 175 Å². The zero-order valence-electron chi connectivity index (χ0n) is 17.1. The molecule has 0 saturated carbocycles. The minimum absolute atomic E-state index is 0.0881. The summed E-state index contributed by atoms with van der Waals surface area (Å²) >= 11 is 0. The summed E-state index contributed by atoms with van der Waals surface area (Å²) in [6.45, 7) is 3.93. The summed E-state index contributed by atoms with van der Waals surface area (Å²) in [6, 6.07) is 14.7. The number of ether oxygens (including phenoxy) is 1. The molecule has 4 rings (SSSR count). The van der Waals surface area contributed by atoms with Crippen LogP contribution in [0.25, 0.3) is 0 Å². The number of rotatable bonds is 4. The van der Waals surface area contributed by atoms with Crippen molar-refractivity contribution in [3.05, 3.63) is 76.6 Å². The van der Waals surface area contributed by atoms with E-state index in [-0.39, 0.29) is 4.90 Å². The smallest absolute Gasteiger partial charge is 0.282 e. The second-order valence-electron chi connectivity index (χ2n) is 7.27. The monoisotopic (exact) mass is 425 g/mol. The fraction of sp³-hybridized carbons (Fsp3) is 0.273. The number of hydrogen-bond acceptors (Lipinski definition) is 5. The Morgan fingerprint density at radius 3 is 2.43 bits per heavy atom. The van der Waals surface area contributed by atoms with Gasteiger partial charge in [-0.1, -0.05) is 36.4 Å². The number of para-hydroxylation sites is 1. The molecule has 30 heavy (non-hydrogen) atoms. The molecule has 0 amide bonds. The van der Waals surface area contributed by atoms with Gasteiger partial charge >= 0.3 is 0 Å². The molecule has 0 radical (unpaired) electrons. The zero-order chi connectivity index (χ0) is 21.5. The normalized spacial score (nSPS) is 14.4. The van der Waals surface area contributed by atoms with Crippen LogP contribution in [0.15, 0.2) is 53.4 Å². The third-order valence-electron chi connectivity index (χ3n) is 5.45. The van der Waals surface area contributed by atoms with Crippen molar-refractivity contribution >= 4 is 15.9 Å². The van der Waals surface area contributed by atoms with E-state index >= 15 is 0 Å². The number of methoxy groups -OCH3 is 1. The van der Waals surface area contributed by atoms with E-state index in [9.17, 15) is 13.2 Å². The first-order chi connectivity index (χ1) is 14.3. The lowest BCUT2D eigenvalue weighted by molar-refractivity contribution is 0.0939. The van der Waals surface area contributed by atoms with E-state index in [0.717, 1.165) is 10.2 Å². The lowest BCUT2D eigenvalue weighted by atomic mass is 10.0. The maximum Gasteiger partial charge on any atom is 0.282 e. The molecule has 2 heterocycles. The quantitative estimate of drug-likeness (QED) is 0.642. The van der Waals surface area contributed by atoms with Gasteiger partial charge in [0.25, 0.3) is 5.91 Å².